The first-order valence-electron chi connectivity index (χ1n) is 15.1. The van der Waals surface area contributed by atoms with E-state index in [4.69, 9.17) is 4.99 Å². The second-order valence-electron chi connectivity index (χ2n) is 13.0. The largest absolute Gasteiger partial charge is 0.344 e. The van der Waals surface area contributed by atoms with Crippen molar-refractivity contribution in [2.45, 2.75) is 86.4 Å². The summed E-state index contributed by atoms with van der Waals surface area (Å²) in [5.74, 6) is 1.77. The van der Waals surface area contributed by atoms with Crippen molar-refractivity contribution in [2.24, 2.45) is 16.8 Å². The van der Waals surface area contributed by atoms with Gasteiger partial charge in [-0.05, 0) is 43.2 Å². The number of hydrogen-bond donors (Lipinski definition) is 2. The Morgan fingerprint density at radius 3 is 1.88 bits per heavy atom. The van der Waals surface area contributed by atoms with E-state index in [1.54, 1.807) is 0 Å². The summed E-state index contributed by atoms with van der Waals surface area (Å²) in [6, 6.07) is 0.290. The summed E-state index contributed by atoms with van der Waals surface area (Å²) in [6.07, 6.45) is 3.88. The monoisotopic (exact) mass is 559 g/mol. The van der Waals surface area contributed by atoms with Gasteiger partial charge in [-0.2, -0.15) is 0 Å². The Balaban J connectivity index is 0.000000165. The molecule has 0 fully saturated rings. The quantitative estimate of drug-likeness (QED) is 0.487. The van der Waals surface area contributed by atoms with Gasteiger partial charge in [-0.15, -0.1) is 5.12 Å². The first-order chi connectivity index (χ1) is 19.3. The first kappa shape index (κ1) is 29.3. The van der Waals surface area contributed by atoms with Crippen LogP contribution in [0.25, 0.3) is 22.2 Å². The summed E-state index contributed by atoms with van der Waals surface area (Å²) in [6.45, 7) is 20.1. The van der Waals surface area contributed by atoms with Crippen LogP contribution >= 0.6 is 0 Å². The topological polar surface area (TPSA) is 82.7 Å². The molecule has 1 aliphatic carbocycles. The van der Waals surface area contributed by atoms with Crippen LogP contribution in [0.4, 0.5) is 11.4 Å². The number of benzene rings is 1. The zero-order chi connectivity index (χ0) is 30.1. The number of aromatic amines is 2. The number of hydrazine groups is 2. The molecule has 0 saturated heterocycles. The molecule has 9 heteroatoms. The fourth-order valence-electron chi connectivity index (χ4n) is 6.95. The smallest absolute Gasteiger partial charge is 0.1000 e. The van der Waals surface area contributed by atoms with E-state index >= 15 is 0 Å². The van der Waals surface area contributed by atoms with Crippen LogP contribution in [0.3, 0.4) is 0 Å². The summed E-state index contributed by atoms with van der Waals surface area (Å²) in [4.78, 5) is 23.3. The Morgan fingerprint density at radius 1 is 0.732 bits per heavy atom. The third kappa shape index (κ3) is 4.39. The summed E-state index contributed by atoms with van der Waals surface area (Å²) >= 11 is 0. The molecule has 2 aromatic heterocycles. The summed E-state index contributed by atoms with van der Waals surface area (Å²) in [7, 11) is 8.51. The highest BCUT2D eigenvalue weighted by Crippen LogP contribution is 2.50. The van der Waals surface area contributed by atoms with Crippen molar-refractivity contribution in [3.05, 3.63) is 34.5 Å². The summed E-state index contributed by atoms with van der Waals surface area (Å²) < 4.78 is 0. The van der Waals surface area contributed by atoms with Crippen LogP contribution in [0.1, 0.15) is 85.3 Å². The van der Waals surface area contributed by atoms with Crippen molar-refractivity contribution < 1.29 is 0 Å². The number of hydrogen-bond acceptors (Lipinski definition) is 7. The Morgan fingerprint density at radius 2 is 1.32 bits per heavy atom. The molecule has 0 radical (unpaired) electrons. The lowest BCUT2D eigenvalue weighted by atomic mass is 9.82. The number of H-pyrrole nitrogens is 2. The third-order valence-electron chi connectivity index (χ3n) is 9.10. The summed E-state index contributed by atoms with van der Waals surface area (Å²) in [5.41, 5.74) is 11.5. The molecule has 0 spiro atoms. The molecular formula is C32H49N9. The summed E-state index contributed by atoms with van der Waals surface area (Å²) in [5, 5.41) is 8.94. The minimum Gasteiger partial charge on any atom is -0.344 e. The van der Waals surface area contributed by atoms with E-state index in [0.717, 1.165) is 10.9 Å². The van der Waals surface area contributed by atoms with Gasteiger partial charge in [0.05, 0.1) is 63.7 Å². The van der Waals surface area contributed by atoms with Gasteiger partial charge in [-0.3, -0.25) is 19.9 Å². The minimum atomic E-state index is 0.238. The van der Waals surface area contributed by atoms with Crippen LogP contribution in [0.15, 0.2) is 17.6 Å². The van der Waals surface area contributed by atoms with Crippen molar-refractivity contribution in [3.8, 4) is 0 Å². The molecule has 2 unspecified atom stereocenters. The number of nitrogens with one attached hydrogen (secondary N) is 2. The van der Waals surface area contributed by atoms with Crippen LogP contribution in [0, 0.1) is 11.8 Å². The predicted molar refractivity (Wildman–Crippen MR) is 172 cm³/mol. The van der Waals surface area contributed by atoms with Gasteiger partial charge in [0, 0.05) is 37.8 Å². The number of anilines is 2. The van der Waals surface area contributed by atoms with E-state index in [9.17, 15) is 0 Å². The zero-order valence-electron chi connectivity index (χ0n) is 27.2. The molecule has 4 heterocycles. The maximum absolute atomic E-state index is 4.94. The number of aliphatic imine (C=N–C) groups is 1. The molecule has 2 aliphatic heterocycles. The average molecular weight is 560 g/mol. The minimum absolute atomic E-state index is 0.238. The second kappa shape index (κ2) is 10.6. The molecule has 2 atom stereocenters. The molecule has 2 N–H and O–H groups in total. The molecule has 3 aromatic rings. The second-order valence-corrected chi connectivity index (χ2v) is 13.0. The maximum Gasteiger partial charge on any atom is 0.1000 e. The molecule has 3 aliphatic rings. The maximum atomic E-state index is 4.94. The Bertz CT molecular complexity index is 1550. The number of nitrogens with zero attached hydrogens (tertiary/aromatic N) is 7. The zero-order valence-corrected chi connectivity index (χ0v) is 27.2. The molecule has 1 aromatic carbocycles. The molecule has 222 valence electrons. The Kier molecular flexibility index (Phi) is 7.57. The van der Waals surface area contributed by atoms with Gasteiger partial charge in [-0.25, -0.2) is 9.97 Å². The van der Waals surface area contributed by atoms with Crippen LogP contribution in [-0.2, 0) is 0 Å². The average Bonchev–Trinajstić information content (AvgIpc) is 3.67. The van der Waals surface area contributed by atoms with Crippen LogP contribution in [0.2, 0.25) is 0 Å². The van der Waals surface area contributed by atoms with E-state index in [2.05, 4.69) is 130 Å². The van der Waals surface area contributed by atoms with Gasteiger partial charge in [0.15, 0.2) is 0 Å². The van der Waals surface area contributed by atoms with Crippen LogP contribution in [-0.4, -0.2) is 76.1 Å². The molecule has 41 heavy (non-hydrogen) atoms. The molecule has 9 nitrogen and oxygen atoms in total. The first-order valence-corrected chi connectivity index (χ1v) is 15.1. The molecule has 6 rings (SSSR count). The highest BCUT2D eigenvalue weighted by molar-refractivity contribution is 6.26. The third-order valence-corrected chi connectivity index (χ3v) is 9.10. The van der Waals surface area contributed by atoms with E-state index in [1.807, 2.05) is 12.7 Å². The van der Waals surface area contributed by atoms with Crippen molar-refractivity contribution >= 4 is 39.3 Å². The highest BCUT2D eigenvalue weighted by Gasteiger charge is 2.40. The van der Waals surface area contributed by atoms with E-state index < -0.39 is 0 Å². The number of rotatable bonds is 4. The van der Waals surface area contributed by atoms with E-state index in [-0.39, 0.29) is 12.2 Å². The number of aromatic nitrogens is 4. The van der Waals surface area contributed by atoms with Gasteiger partial charge in [-0.1, -0.05) is 55.4 Å². The highest BCUT2D eigenvalue weighted by atomic mass is 15.9. The van der Waals surface area contributed by atoms with Crippen LogP contribution < -0.4 is 20.7 Å². The standard InChI is InChI=1S/C16H25N5.C16H24N4/c1-9(2)11-13-14(18-8-17-13)12(10(3)4)16-15(11)19(5)21(7)20(16)6;1-8(2)11-13-14(18-7-17-13)12(9(3)4)16-15(11)19-10(5)20(16)6/h8-10H,1-7H3,(H,17,18);7-10,16H,1-6H3,(H,17,18). The fraction of sp³-hybridized carbons (Fsp3) is 0.594. The lowest BCUT2D eigenvalue weighted by Gasteiger charge is -2.31. The van der Waals surface area contributed by atoms with Crippen molar-refractivity contribution in [1.29, 1.82) is 0 Å². The van der Waals surface area contributed by atoms with Gasteiger partial charge < -0.3 is 9.97 Å². The SMILES string of the molecule is CC(C)C1=c2nc[nH]c2=C(C(C)C)C2=NC(C)N(C)C21.CC(C)c1c2c(c(C(C)C)c3[nH]cnc13)N(C)N(C)N2C. The fourth-order valence-corrected chi connectivity index (χ4v) is 6.95. The predicted octanol–water partition coefficient (Wildman–Crippen LogP) is 4.60. The van der Waals surface area contributed by atoms with Crippen molar-refractivity contribution in [3.63, 3.8) is 0 Å². The van der Waals surface area contributed by atoms with Crippen molar-refractivity contribution in [2.75, 3.05) is 38.2 Å². The van der Waals surface area contributed by atoms with Gasteiger partial charge in [0.25, 0.3) is 0 Å². The van der Waals surface area contributed by atoms with Gasteiger partial charge in [0.1, 0.15) is 0 Å². The lowest BCUT2D eigenvalue weighted by molar-refractivity contribution is 0.287. The molecule has 0 saturated carbocycles. The molecular weight excluding hydrogens is 510 g/mol. The van der Waals surface area contributed by atoms with Crippen LogP contribution in [0.5, 0.6) is 0 Å². The van der Waals surface area contributed by atoms with Gasteiger partial charge >= 0.3 is 0 Å². The Hall–Kier alpha value is -3.17. The van der Waals surface area contributed by atoms with E-state index in [1.165, 1.54) is 50.2 Å². The normalized spacial score (nSPS) is 21.0. The van der Waals surface area contributed by atoms with E-state index in [0.29, 0.717) is 23.7 Å². The molecule has 0 amide bonds. The lowest BCUT2D eigenvalue weighted by Crippen LogP contribution is -2.49. The number of fused-ring (bicyclic) bond motifs is 4. The van der Waals surface area contributed by atoms with Gasteiger partial charge in [0.2, 0.25) is 0 Å². The van der Waals surface area contributed by atoms with Crippen molar-refractivity contribution in [1.82, 2.24) is 30.0 Å². The number of imidazole rings is 2. The molecule has 0 bridgehead atoms. The Labute approximate surface area is 245 Å².